The van der Waals surface area contributed by atoms with E-state index in [1.54, 1.807) is 0 Å². The average molecular weight is 371 g/mol. The quantitative estimate of drug-likeness (QED) is 0.197. The van der Waals surface area contributed by atoms with Crippen molar-refractivity contribution in [2.75, 3.05) is 48.6 Å². The van der Waals surface area contributed by atoms with Crippen LogP contribution in [0, 0.1) is 0 Å². The molecular formula is C17H25NO8. The Morgan fingerprint density at radius 1 is 0.846 bits per heavy atom. The van der Waals surface area contributed by atoms with E-state index in [1.165, 1.54) is 21.3 Å². The molecule has 9 nitrogen and oxygen atoms in total. The lowest BCUT2D eigenvalue weighted by atomic mass is 10.0. The van der Waals surface area contributed by atoms with Crippen molar-refractivity contribution in [3.63, 3.8) is 0 Å². The smallest absolute Gasteiger partial charge is 0.340 e. The number of carbonyl (C=O) groups is 3. The third-order valence-electron chi connectivity index (χ3n) is 3.88. The van der Waals surface area contributed by atoms with Crippen LogP contribution >= 0.6 is 0 Å². The number of nitrogens with zero attached hydrogens (tertiary/aromatic N) is 1. The monoisotopic (exact) mass is 371 g/mol. The standard InChI is InChI=1S/C17H25NO8/c1-22-12(19)10-11(15(20)23-2)13(16(21)24-3)14(17(25-4)26-5)18-8-6-7-9-18/h10,17H,6-9H2,1-5H3/b11-10-,14-13-. The van der Waals surface area contributed by atoms with Gasteiger partial charge in [-0.25, -0.2) is 14.4 Å². The summed E-state index contributed by atoms with van der Waals surface area (Å²) < 4.78 is 24.8. The highest BCUT2D eigenvalue weighted by atomic mass is 16.7. The lowest BCUT2D eigenvalue weighted by molar-refractivity contribution is -0.141. The van der Waals surface area contributed by atoms with Crippen molar-refractivity contribution in [1.29, 1.82) is 0 Å². The number of hydrogen-bond acceptors (Lipinski definition) is 9. The Balaban J connectivity index is 3.74. The van der Waals surface area contributed by atoms with Gasteiger partial charge in [0.1, 0.15) is 0 Å². The van der Waals surface area contributed by atoms with Gasteiger partial charge < -0.3 is 28.6 Å². The summed E-state index contributed by atoms with van der Waals surface area (Å²) in [5.41, 5.74) is -0.174. The van der Waals surface area contributed by atoms with E-state index in [0.717, 1.165) is 33.1 Å². The Morgan fingerprint density at radius 3 is 1.81 bits per heavy atom. The summed E-state index contributed by atoms with van der Waals surface area (Å²) in [5.74, 6) is -2.54. The second kappa shape index (κ2) is 10.6. The molecule has 0 N–H and O–H groups in total. The van der Waals surface area contributed by atoms with Crippen LogP contribution in [0.15, 0.2) is 22.9 Å². The van der Waals surface area contributed by atoms with Crippen LogP contribution in [-0.2, 0) is 38.1 Å². The first kappa shape index (κ1) is 21.7. The summed E-state index contributed by atoms with van der Waals surface area (Å²) in [6.45, 7) is 1.26. The molecule has 1 heterocycles. The molecule has 1 aliphatic heterocycles. The number of hydrogen-bond donors (Lipinski definition) is 0. The van der Waals surface area contributed by atoms with E-state index < -0.39 is 24.2 Å². The molecule has 1 aliphatic rings. The average Bonchev–Trinajstić information content (AvgIpc) is 3.19. The van der Waals surface area contributed by atoms with Crippen LogP contribution in [0.2, 0.25) is 0 Å². The zero-order chi connectivity index (χ0) is 19.7. The van der Waals surface area contributed by atoms with Crippen LogP contribution in [0.3, 0.4) is 0 Å². The highest BCUT2D eigenvalue weighted by molar-refractivity contribution is 6.10. The Labute approximate surface area is 152 Å². The molecule has 0 aliphatic carbocycles. The van der Waals surface area contributed by atoms with Gasteiger partial charge in [-0.15, -0.1) is 0 Å². The first-order chi connectivity index (χ1) is 12.4. The number of esters is 3. The van der Waals surface area contributed by atoms with E-state index in [1.807, 2.05) is 4.90 Å². The molecule has 0 aromatic rings. The van der Waals surface area contributed by atoms with E-state index in [2.05, 4.69) is 4.74 Å². The normalized spacial score (nSPS) is 15.6. The Bertz CT molecular complexity index is 582. The van der Waals surface area contributed by atoms with Crippen molar-refractivity contribution in [3.8, 4) is 0 Å². The first-order valence-corrected chi connectivity index (χ1v) is 7.96. The predicted octanol–water partition coefficient (Wildman–Crippen LogP) is 0.401. The van der Waals surface area contributed by atoms with E-state index in [0.29, 0.717) is 18.8 Å². The molecule has 0 unspecified atom stereocenters. The van der Waals surface area contributed by atoms with Crippen molar-refractivity contribution in [1.82, 2.24) is 4.90 Å². The molecule has 0 amide bonds. The van der Waals surface area contributed by atoms with Gasteiger partial charge in [0.05, 0.1) is 38.2 Å². The first-order valence-electron chi connectivity index (χ1n) is 7.96. The number of ether oxygens (including phenoxy) is 5. The van der Waals surface area contributed by atoms with Gasteiger partial charge in [-0.3, -0.25) is 0 Å². The molecule has 0 atom stereocenters. The minimum Gasteiger partial charge on any atom is -0.466 e. The maximum absolute atomic E-state index is 12.6. The zero-order valence-corrected chi connectivity index (χ0v) is 15.7. The summed E-state index contributed by atoms with van der Waals surface area (Å²) in [6, 6.07) is 0. The van der Waals surface area contributed by atoms with Gasteiger partial charge in [0.15, 0.2) is 6.29 Å². The Morgan fingerprint density at radius 2 is 1.38 bits per heavy atom. The summed E-state index contributed by atoms with van der Waals surface area (Å²) in [6.07, 6.45) is 1.72. The Kier molecular flexibility index (Phi) is 8.80. The summed E-state index contributed by atoms with van der Waals surface area (Å²) in [5, 5.41) is 0. The summed E-state index contributed by atoms with van der Waals surface area (Å²) in [7, 11) is 6.28. The van der Waals surface area contributed by atoms with Crippen LogP contribution in [-0.4, -0.2) is 77.7 Å². The Hall–Kier alpha value is -2.39. The molecule has 0 saturated carbocycles. The van der Waals surface area contributed by atoms with Gasteiger partial charge in [0, 0.05) is 33.4 Å². The summed E-state index contributed by atoms with van der Waals surface area (Å²) >= 11 is 0. The predicted molar refractivity (Wildman–Crippen MR) is 89.8 cm³/mol. The van der Waals surface area contributed by atoms with E-state index >= 15 is 0 Å². The van der Waals surface area contributed by atoms with Gasteiger partial charge >= 0.3 is 17.9 Å². The largest absolute Gasteiger partial charge is 0.466 e. The van der Waals surface area contributed by atoms with Crippen molar-refractivity contribution in [2.45, 2.75) is 19.1 Å². The highest BCUT2D eigenvalue weighted by Crippen LogP contribution is 2.28. The van der Waals surface area contributed by atoms with Crippen molar-refractivity contribution in [2.24, 2.45) is 0 Å². The molecule has 1 rings (SSSR count). The van der Waals surface area contributed by atoms with Crippen LogP contribution in [0.4, 0.5) is 0 Å². The fraction of sp³-hybridized carbons (Fsp3) is 0.588. The third-order valence-corrected chi connectivity index (χ3v) is 3.88. The molecule has 0 aromatic heterocycles. The van der Waals surface area contributed by atoms with Crippen molar-refractivity contribution in [3.05, 3.63) is 22.9 Å². The third kappa shape index (κ3) is 5.06. The lowest BCUT2D eigenvalue weighted by Crippen LogP contribution is -2.35. The van der Waals surface area contributed by atoms with Crippen molar-refractivity contribution < 1.29 is 38.1 Å². The SMILES string of the molecule is COC(=O)/C=C(C(=O)OC)/C(C(=O)OC)=C(\C(OC)OC)N1CCCC1. The minimum absolute atomic E-state index is 0.166. The fourth-order valence-electron chi connectivity index (χ4n) is 2.68. The number of rotatable bonds is 8. The molecule has 9 heteroatoms. The number of methoxy groups -OCH3 is 5. The molecule has 1 fully saturated rings. The zero-order valence-electron chi connectivity index (χ0n) is 15.7. The number of carbonyl (C=O) groups excluding carboxylic acids is 3. The fourth-order valence-corrected chi connectivity index (χ4v) is 2.68. The maximum atomic E-state index is 12.6. The second-order valence-corrected chi connectivity index (χ2v) is 5.32. The molecule has 0 radical (unpaired) electrons. The molecule has 146 valence electrons. The lowest BCUT2D eigenvalue weighted by Gasteiger charge is -2.29. The molecule has 1 saturated heterocycles. The molecule has 0 bridgehead atoms. The van der Waals surface area contributed by atoms with Gasteiger partial charge in [0.2, 0.25) is 0 Å². The van der Waals surface area contributed by atoms with Gasteiger partial charge in [-0.2, -0.15) is 0 Å². The summed E-state index contributed by atoms with van der Waals surface area (Å²) in [4.78, 5) is 38.5. The topological polar surface area (TPSA) is 101 Å². The molecular weight excluding hydrogens is 346 g/mol. The van der Waals surface area contributed by atoms with E-state index in [4.69, 9.17) is 18.9 Å². The van der Waals surface area contributed by atoms with Gasteiger partial charge in [0.25, 0.3) is 0 Å². The molecule has 26 heavy (non-hydrogen) atoms. The molecule has 0 aromatic carbocycles. The van der Waals surface area contributed by atoms with Crippen LogP contribution in [0.5, 0.6) is 0 Å². The van der Waals surface area contributed by atoms with E-state index in [9.17, 15) is 14.4 Å². The highest BCUT2D eigenvalue weighted by Gasteiger charge is 2.35. The van der Waals surface area contributed by atoms with Crippen LogP contribution < -0.4 is 0 Å². The van der Waals surface area contributed by atoms with Crippen LogP contribution in [0.25, 0.3) is 0 Å². The minimum atomic E-state index is -0.951. The van der Waals surface area contributed by atoms with Crippen LogP contribution in [0.1, 0.15) is 12.8 Å². The number of likely N-dealkylation sites (tertiary alicyclic amines) is 1. The molecule has 0 spiro atoms. The second-order valence-electron chi connectivity index (χ2n) is 5.32. The van der Waals surface area contributed by atoms with Gasteiger partial charge in [-0.05, 0) is 12.8 Å². The van der Waals surface area contributed by atoms with Gasteiger partial charge in [-0.1, -0.05) is 0 Å². The van der Waals surface area contributed by atoms with E-state index in [-0.39, 0.29) is 11.1 Å². The maximum Gasteiger partial charge on any atom is 0.340 e. The van der Waals surface area contributed by atoms with Crippen molar-refractivity contribution >= 4 is 17.9 Å².